The molecule has 34 heavy (non-hydrogen) atoms. The van der Waals surface area contributed by atoms with Crippen molar-refractivity contribution in [3.05, 3.63) is 53.1 Å². The lowest BCUT2D eigenvalue weighted by Gasteiger charge is -2.41. The van der Waals surface area contributed by atoms with Crippen LogP contribution in [0.1, 0.15) is 28.8 Å². The second-order valence-corrected chi connectivity index (χ2v) is 9.96. The molecule has 0 aromatic heterocycles. The number of carbonyl (C=O) groups excluding carboxylic acids is 1. The third kappa shape index (κ3) is 5.31. The maximum Gasteiger partial charge on any atom is 0.418 e. The van der Waals surface area contributed by atoms with Crippen molar-refractivity contribution in [3.8, 4) is 5.75 Å². The first-order valence-electron chi connectivity index (χ1n) is 9.36. The standard InChI is InChI=1S/C19H18F8N2O4S/c1-33-16-12(17(31)19(20,21)22)7-10(34(23,24,25,26)27)8-13(16)28-18(32)29-15-11-5-3-2-4-9(11)6-14(15)30/h2-5,7-8,14-15,17,30-31H,6H2,1H3,(H2,28,29,32). The molecule has 2 amide bonds. The van der Waals surface area contributed by atoms with Crippen molar-refractivity contribution in [2.45, 2.75) is 35.7 Å². The van der Waals surface area contributed by atoms with Gasteiger partial charge >= 0.3 is 22.4 Å². The molecule has 1 aliphatic rings. The average molecular weight is 522 g/mol. The van der Waals surface area contributed by atoms with E-state index < -0.39 is 68.6 Å². The van der Waals surface area contributed by atoms with Gasteiger partial charge < -0.3 is 25.6 Å². The number of benzene rings is 2. The van der Waals surface area contributed by atoms with Crippen molar-refractivity contribution in [3.63, 3.8) is 0 Å². The van der Waals surface area contributed by atoms with Gasteiger partial charge in [-0.25, -0.2) is 4.79 Å². The molecule has 3 atom stereocenters. The minimum absolute atomic E-state index is 0.131. The number of hydrogen-bond donors (Lipinski definition) is 4. The zero-order valence-corrected chi connectivity index (χ0v) is 17.9. The van der Waals surface area contributed by atoms with Crippen molar-refractivity contribution in [1.29, 1.82) is 0 Å². The van der Waals surface area contributed by atoms with Gasteiger partial charge in [-0.2, -0.15) is 13.2 Å². The van der Waals surface area contributed by atoms with E-state index in [1.54, 1.807) is 29.6 Å². The number of ether oxygens (including phenoxy) is 1. The number of rotatable bonds is 5. The fraction of sp³-hybridized carbons (Fsp3) is 0.316. The Morgan fingerprint density at radius 3 is 2.32 bits per heavy atom. The van der Waals surface area contributed by atoms with Crippen LogP contribution in [-0.4, -0.2) is 35.6 Å². The number of carbonyl (C=O) groups is 1. The normalized spacial score (nSPS) is 21.1. The van der Waals surface area contributed by atoms with Crippen LogP contribution >= 0.6 is 10.2 Å². The van der Waals surface area contributed by atoms with Crippen molar-refractivity contribution in [1.82, 2.24) is 5.32 Å². The van der Waals surface area contributed by atoms with Gasteiger partial charge in [0.2, 0.25) is 0 Å². The van der Waals surface area contributed by atoms with Crippen molar-refractivity contribution in [2.75, 3.05) is 12.4 Å². The number of fused-ring (bicyclic) bond motifs is 1. The molecular weight excluding hydrogens is 504 g/mol. The van der Waals surface area contributed by atoms with Gasteiger partial charge in [0.1, 0.15) is 10.6 Å². The quantitative estimate of drug-likeness (QED) is 0.378. The number of hydrogen-bond acceptors (Lipinski definition) is 4. The van der Waals surface area contributed by atoms with Crippen LogP contribution in [0.3, 0.4) is 0 Å². The number of urea groups is 1. The number of anilines is 1. The van der Waals surface area contributed by atoms with Crippen LogP contribution in [0.5, 0.6) is 5.75 Å². The molecule has 0 bridgehead atoms. The first-order valence-corrected chi connectivity index (χ1v) is 11.3. The molecule has 0 spiro atoms. The lowest BCUT2D eigenvalue weighted by atomic mass is 10.1. The summed E-state index contributed by atoms with van der Waals surface area (Å²) in [7, 11) is -9.85. The predicted molar refractivity (Wildman–Crippen MR) is 106 cm³/mol. The first-order chi connectivity index (χ1) is 15.3. The zero-order valence-electron chi connectivity index (χ0n) is 17.0. The Kier molecular flexibility index (Phi) is 5.78. The Bertz CT molecular complexity index is 1120. The van der Waals surface area contributed by atoms with Crippen LogP contribution in [-0.2, 0) is 6.42 Å². The van der Waals surface area contributed by atoms with Gasteiger partial charge in [-0.1, -0.05) is 43.7 Å². The largest absolute Gasteiger partial charge is 0.494 e. The van der Waals surface area contributed by atoms with Crippen molar-refractivity contribution in [2.24, 2.45) is 0 Å². The second kappa shape index (κ2) is 7.61. The number of halogens is 8. The van der Waals surface area contributed by atoms with Crippen LogP contribution in [0, 0.1) is 0 Å². The SMILES string of the molecule is COc1c(NC(=O)NC2c3ccccc3CC2O)cc(S(F)(F)(F)(F)F)cc1C(O)C(F)(F)F. The van der Waals surface area contributed by atoms with Gasteiger partial charge in [-0.3, -0.25) is 0 Å². The summed E-state index contributed by atoms with van der Waals surface area (Å²) in [4.78, 5) is 9.68. The topological polar surface area (TPSA) is 90.8 Å². The molecule has 3 rings (SSSR count). The van der Waals surface area contributed by atoms with E-state index in [-0.39, 0.29) is 12.5 Å². The highest BCUT2D eigenvalue weighted by atomic mass is 32.5. The van der Waals surface area contributed by atoms with E-state index in [9.17, 15) is 47.6 Å². The minimum Gasteiger partial charge on any atom is -0.494 e. The average Bonchev–Trinajstić information content (AvgIpc) is 2.99. The molecule has 190 valence electrons. The summed E-state index contributed by atoms with van der Waals surface area (Å²) in [6.07, 6.45) is -10.2. The highest BCUT2D eigenvalue weighted by molar-refractivity contribution is 8.45. The Hall–Kier alpha value is -2.78. The molecule has 2 aromatic rings. The van der Waals surface area contributed by atoms with E-state index in [1.807, 2.05) is 0 Å². The number of aliphatic hydroxyl groups is 2. The Morgan fingerprint density at radius 1 is 1.15 bits per heavy atom. The van der Waals surface area contributed by atoms with Crippen LogP contribution < -0.4 is 15.4 Å². The van der Waals surface area contributed by atoms with Gasteiger partial charge in [-0.05, 0) is 23.3 Å². The van der Waals surface area contributed by atoms with E-state index in [2.05, 4.69) is 10.1 Å². The maximum atomic E-state index is 13.4. The summed E-state index contributed by atoms with van der Waals surface area (Å²) in [5.41, 5.74) is -1.74. The molecule has 3 unspecified atom stereocenters. The molecule has 6 nitrogen and oxygen atoms in total. The molecule has 0 saturated carbocycles. The maximum absolute atomic E-state index is 13.4. The summed E-state index contributed by atoms with van der Waals surface area (Å²) in [5.74, 6) is -1.11. The van der Waals surface area contributed by atoms with Gasteiger partial charge in [0.15, 0.2) is 6.10 Å². The molecule has 0 saturated heterocycles. The van der Waals surface area contributed by atoms with Crippen LogP contribution in [0.15, 0.2) is 41.3 Å². The zero-order chi connectivity index (χ0) is 25.8. The molecule has 1 aliphatic carbocycles. The third-order valence-electron chi connectivity index (χ3n) is 5.08. The number of amides is 2. The first kappa shape index (κ1) is 25.8. The highest BCUT2D eigenvalue weighted by Crippen LogP contribution is 3.02. The highest BCUT2D eigenvalue weighted by Gasteiger charge is 2.66. The van der Waals surface area contributed by atoms with E-state index in [0.717, 1.165) is 0 Å². The Balaban J connectivity index is 2.04. The number of nitrogens with one attached hydrogen (secondary N) is 2. The third-order valence-corrected chi connectivity index (χ3v) is 6.21. The number of methoxy groups -OCH3 is 1. The molecule has 0 aliphatic heterocycles. The van der Waals surface area contributed by atoms with E-state index >= 15 is 0 Å². The van der Waals surface area contributed by atoms with Crippen LogP contribution in [0.4, 0.5) is 43.1 Å². The summed E-state index contributed by atoms with van der Waals surface area (Å²) >= 11 is 0. The smallest absolute Gasteiger partial charge is 0.418 e. The number of aliphatic hydroxyl groups excluding tert-OH is 2. The van der Waals surface area contributed by atoms with Crippen molar-refractivity contribution < 1.29 is 52.3 Å². The van der Waals surface area contributed by atoms with Crippen molar-refractivity contribution >= 4 is 21.9 Å². The predicted octanol–water partition coefficient (Wildman–Crippen LogP) is 5.73. The van der Waals surface area contributed by atoms with E-state index in [0.29, 0.717) is 18.2 Å². The second-order valence-electron chi connectivity index (χ2n) is 7.55. The summed E-state index contributed by atoms with van der Waals surface area (Å²) in [6, 6.07) is 3.25. The van der Waals surface area contributed by atoms with Gasteiger partial charge in [-0.15, -0.1) is 0 Å². The van der Waals surface area contributed by atoms with Gasteiger partial charge in [0, 0.05) is 12.0 Å². The molecule has 0 fully saturated rings. The molecule has 2 aromatic carbocycles. The summed E-state index contributed by atoms with van der Waals surface area (Å²) < 4.78 is 111. The lowest BCUT2D eigenvalue weighted by Crippen LogP contribution is -2.37. The summed E-state index contributed by atoms with van der Waals surface area (Å²) in [5, 5.41) is 23.7. The van der Waals surface area contributed by atoms with Crippen LogP contribution in [0.25, 0.3) is 0 Å². The molecular formula is C19H18F8N2O4S. The molecule has 0 heterocycles. The Labute approximate surface area is 187 Å². The van der Waals surface area contributed by atoms with Crippen LogP contribution in [0.2, 0.25) is 0 Å². The van der Waals surface area contributed by atoms with E-state index in [4.69, 9.17) is 0 Å². The fourth-order valence-corrected chi connectivity index (χ4v) is 4.28. The summed E-state index contributed by atoms with van der Waals surface area (Å²) in [6.45, 7) is 0. The number of alkyl halides is 3. The van der Waals surface area contributed by atoms with Gasteiger partial charge in [0.05, 0.1) is 24.9 Å². The molecule has 0 radical (unpaired) electrons. The minimum atomic E-state index is -10.6. The molecule has 15 heteroatoms. The Morgan fingerprint density at radius 2 is 1.76 bits per heavy atom. The molecule has 4 N–H and O–H groups in total. The van der Waals surface area contributed by atoms with Gasteiger partial charge in [0.25, 0.3) is 0 Å². The monoisotopic (exact) mass is 522 g/mol. The lowest BCUT2D eigenvalue weighted by molar-refractivity contribution is -0.207. The van der Waals surface area contributed by atoms with E-state index in [1.165, 1.54) is 0 Å². The fourth-order valence-electron chi connectivity index (χ4n) is 3.59.